The van der Waals surface area contributed by atoms with Gasteiger partial charge in [-0.3, -0.25) is 0 Å². The summed E-state index contributed by atoms with van der Waals surface area (Å²) in [6.07, 6.45) is 0. The molecule has 0 amide bonds. The van der Waals surface area contributed by atoms with Gasteiger partial charge in [-0.25, -0.2) is 0 Å². The van der Waals surface area contributed by atoms with Crippen LogP contribution in [0.5, 0.6) is 0 Å². The topological polar surface area (TPSA) is 25.2 Å². The summed E-state index contributed by atoms with van der Waals surface area (Å²) < 4.78 is 8.89. The molecule has 0 spiro atoms. The fraction of sp³-hybridized carbons (Fsp3) is 0. The van der Waals surface area contributed by atoms with Crippen LogP contribution in [0.3, 0.4) is 0 Å². The fourth-order valence-corrected chi connectivity index (χ4v) is 6.88. The van der Waals surface area contributed by atoms with Gasteiger partial charge >= 0.3 is 0 Å². The fourth-order valence-electron chi connectivity index (χ4n) is 5.66. The van der Waals surface area contributed by atoms with Gasteiger partial charge in [0.25, 0.3) is 0 Å². The third kappa shape index (κ3) is 3.70. The number of benzene rings is 6. The molecular weight excluding hydrogens is 494 g/mol. The summed E-state index contributed by atoms with van der Waals surface area (Å²) in [6, 6.07) is 47.1. The molecule has 0 aliphatic carbocycles. The lowest BCUT2D eigenvalue weighted by Crippen LogP contribution is -1.91. The Morgan fingerprint density at radius 1 is 0.487 bits per heavy atom. The van der Waals surface area contributed by atoms with Crippen molar-refractivity contribution in [1.29, 1.82) is 0 Å². The Bertz CT molecular complexity index is 2140. The van der Waals surface area contributed by atoms with Crippen molar-refractivity contribution in [3.63, 3.8) is 0 Å². The van der Waals surface area contributed by atoms with Gasteiger partial charge < -0.3 is 9.73 Å². The number of furan rings is 1. The van der Waals surface area contributed by atoms with Gasteiger partial charge in [-0.2, -0.15) is 0 Å². The van der Waals surface area contributed by atoms with Crippen LogP contribution < -0.4 is 5.32 Å². The Kier molecular flexibility index (Phi) is 5.04. The Hall–Kier alpha value is -4.86. The molecule has 0 aliphatic heterocycles. The van der Waals surface area contributed by atoms with E-state index in [-0.39, 0.29) is 0 Å². The van der Waals surface area contributed by atoms with E-state index in [1.807, 2.05) is 11.3 Å². The molecule has 0 radical (unpaired) electrons. The van der Waals surface area contributed by atoms with Crippen molar-refractivity contribution in [3.05, 3.63) is 133 Å². The summed E-state index contributed by atoms with van der Waals surface area (Å²) in [6.45, 7) is 0. The van der Waals surface area contributed by atoms with E-state index in [2.05, 4.69) is 139 Å². The summed E-state index contributed by atoms with van der Waals surface area (Å²) >= 11 is 1.86. The summed E-state index contributed by atoms with van der Waals surface area (Å²) in [5.74, 6) is 0. The van der Waals surface area contributed by atoms with Crippen molar-refractivity contribution in [2.75, 3.05) is 5.32 Å². The van der Waals surface area contributed by atoms with Gasteiger partial charge in [-0.05, 0) is 59.2 Å². The molecule has 0 saturated heterocycles. The maximum absolute atomic E-state index is 6.27. The maximum Gasteiger partial charge on any atom is 0.136 e. The van der Waals surface area contributed by atoms with Gasteiger partial charge in [0.05, 0.1) is 0 Å². The summed E-state index contributed by atoms with van der Waals surface area (Å²) in [5, 5.41) is 8.56. The summed E-state index contributed by atoms with van der Waals surface area (Å²) in [4.78, 5) is 0. The third-order valence-corrected chi connectivity index (χ3v) is 8.65. The third-order valence-electron chi connectivity index (χ3n) is 7.43. The zero-order valence-electron chi connectivity index (χ0n) is 21.0. The van der Waals surface area contributed by atoms with E-state index in [1.54, 1.807) is 0 Å². The number of rotatable bonds is 4. The molecule has 2 heterocycles. The molecule has 8 aromatic rings. The molecule has 0 aliphatic rings. The van der Waals surface area contributed by atoms with Crippen molar-refractivity contribution in [2.45, 2.75) is 0 Å². The molecule has 0 fully saturated rings. The number of fused-ring (bicyclic) bond motifs is 6. The molecule has 2 nitrogen and oxygen atoms in total. The predicted molar refractivity (Wildman–Crippen MR) is 167 cm³/mol. The van der Waals surface area contributed by atoms with Crippen LogP contribution in [0.2, 0.25) is 0 Å². The molecule has 3 heteroatoms. The van der Waals surface area contributed by atoms with Crippen LogP contribution in [0.4, 0.5) is 11.4 Å². The first-order valence-corrected chi connectivity index (χ1v) is 13.9. The lowest BCUT2D eigenvalue weighted by Gasteiger charge is -2.11. The second kappa shape index (κ2) is 8.87. The van der Waals surface area contributed by atoms with Crippen LogP contribution in [0.15, 0.2) is 138 Å². The highest BCUT2D eigenvalue weighted by molar-refractivity contribution is 7.26. The Morgan fingerprint density at radius 2 is 1.21 bits per heavy atom. The first kappa shape index (κ1) is 22.2. The molecular formula is C36H23NOS. The average Bonchev–Trinajstić information content (AvgIpc) is 3.56. The maximum atomic E-state index is 6.27. The van der Waals surface area contributed by atoms with Crippen molar-refractivity contribution < 1.29 is 4.42 Å². The minimum absolute atomic E-state index is 0.892. The SMILES string of the molecule is c1ccc(-c2cc(Nc3ccc4oc5cccc(-c6ccccc6)c5c4c3)cc3c2sc2ccccc23)cc1. The minimum atomic E-state index is 0.892. The molecule has 1 N–H and O–H groups in total. The van der Waals surface area contributed by atoms with Crippen molar-refractivity contribution in [3.8, 4) is 22.3 Å². The molecule has 184 valence electrons. The predicted octanol–water partition coefficient (Wildman–Crippen LogP) is 11.0. The average molecular weight is 518 g/mol. The van der Waals surface area contributed by atoms with Crippen molar-refractivity contribution in [2.24, 2.45) is 0 Å². The lowest BCUT2D eigenvalue weighted by molar-refractivity contribution is 0.669. The zero-order valence-corrected chi connectivity index (χ0v) is 21.8. The smallest absolute Gasteiger partial charge is 0.136 e. The zero-order chi connectivity index (χ0) is 25.8. The van der Waals surface area contributed by atoms with E-state index in [0.717, 1.165) is 33.3 Å². The summed E-state index contributed by atoms with van der Waals surface area (Å²) in [5.41, 5.74) is 8.74. The van der Waals surface area contributed by atoms with E-state index < -0.39 is 0 Å². The number of hydrogen-bond acceptors (Lipinski definition) is 3. The molecule has 0 saturated carbocycles. The minimum Gasteiger partial charge on any atom is -0.456 e. The van der Waals surface area contributed by atoms with Gasteiger partial charge in [0.1, 0.15) is 11.2 Å². The number of nitrogens with one attached hydrogen (secondary N) is 1. The standard InChI is InChI=1S/C36H23NOS/c1-3-10-23(11-4-1)27-15-9-16-33-35(27)31-20-25(18-19-32(31)38-33)37-26-21-29(24-12-5-2-6-13-24)36-30(22-26)28-14-7-8-17-34(28)39-36/h1-22,37H. The Morgan fingerprint density at radius 3 is 2.03 bits per heavy atom. The molecule has 6 aromatic carbocycles. The summed E-state index contributed by atoms with van der Waals surface area (Å²) in [7, 11) is 0. The van der Waals surface area contributed by atoms with E-state index in [4.69, 9.17) is 4.42 Å². The quantitative estimate of drug-likeness (QED) is 0.251. The van der Waals surface area contributed by atoms with Crippen LogP contribution in [0.25, 0.3) is 64.4 Å². The van der Waals surface area contributed by atoms with E-state index in [0.29, 0.717) is 0 Å². The molecule has 8 rings (SSSR count). The Balaban J connectivity index is 1.30. The van der Waals surface area contributed by atoms with Crippen LogP contribution in [0.1, 0.15) is 0 Å². The van der Waals surface area contributed by atoms with Gasteiger partial charge in [0.15, 0.2) is 0 Å². The van der Waals surface area contributed by atoms with Crippen LogP contribution >= 0.6 is 11.3 Å². The number of hydrogen-bond donors (Lipinski definition) is 1. The van der Waals surface area contributed by atoms with Crippen LogP contribution in [-0.2, 0) is 0 Å². The highest BCUT2D eigenvalue weighted by Crippen LogP contribution is 2.43. The molecule has 39 heavy (non-hydrogen) atoms. The van der Waals surface area contributed by atoms with Gasteiger partial charge in [-0.15, -0.1) is 11.3 Å². The first-order chi connectivity index (χ1) is 19.3. The normalized spacial score (nSPS) is 11.6. The van der Waals surface area contributed by atoms with Crippen molar-refractivity contribution >= 4 is 64.8 Å². The number of anilines is 2. The highest BCUT2D eigenvalue weighted by atomic mass is 32.1. The molecule has 0 bridgehead atoms. The molecule has 2 aromatic heterocycles. The van der Waals surface area contributed by atoms with Gasteiger partial charge in [0, 0.05) is 47.9 Å². The first-order valence-electron chi connectivity index (χ1n) is 13.1. The monoisotopic (exact) mass is 517 g/mol. The van der Waals surface area contributed by atoms with Crippen LogP contribution in [-0.4, -0.2) is 0 Å². The van der Waals surface area contributed by atoms with Crippen LogP contribution in [0, 0.1) is 0 Å². The van der Waals surface area contributed by atoms with Gasteiger partial charge in [0.2, 0.25) is 0 Å². The second-order valence-electron chi connectivity index (χ2n) is 9.85. The largest absolute Gasteiger partial charge is 0.456 e. The van der Waals surface area contributed by atoms with E-state index in [1.165, 1.54) is 42.4 Å². The highest BCUT2D eigenvalue weighted by Gasteiger charge is 2.15. The van der Waals surface area contributed by atoms with E-state index in [9.17, 15) is 0 Å². The van der Waals surface area contributed by atoms with Crippen molar-refractivity contribution in [1.82, 2.24) is 0 Å². The molecule has 0 atom stereocenters. The molecule has 0 unspecified atom stereocenters. The number of thiophene rings is 1. The van der Waals surface area contributed by atoms with E-state index >= 15 is 0 Å². The van der Waals surface area contributed by atoms with Gasteiger partial charge in [-0.1, -0.05) is 91.0 Å². The lowest BCUT2D eigenvalue weighted by atomic mass is 9.99. The Labute approximate surface area is 229 Å². The second-order valence-corrected chi connectivity index (χ2v) is 10.9.